The molecule has 0 atom stereocenters. The molecule has 0 aliphatic carbocycles. The number of hydrogen-bond acceptors (Lipinski definition) is 2. The third kappa shape index (κ3) is 5.43. The van der Waals surface area contributed by atoms with Gasteiger partial charge in [0, 0.05) is 19.6 Å². The third-order valence-electron chi connectivity index (χ3n) is 4.97. The second kappa shape index (κ2) is 7.64. The van der Waals surface area contributed by atoms with Crippen LogP contribution >= 0.6 is 0 Å². The Balaban J connectivity index is 2.56. The van der Waals surface area contributed by atoms with E-state index in [0.29, 0.717) is 10.8 Å². The van der Waals surface area contributed by atoms with Crippen molar-refractivity contribution in [2.75, 3.05) is 32.7 Å². The Labute approximate surface area is 121 Å². The second-order valence-electron chi connectivity index (χ2n) is 7.36. The van der Waals surface area contributed by atoms with Crippen molar-refractivity contribution in [1.82, 2.24) is 10.2 Å². The molecule has 0 aromatic heterocycles. The van der Waals surface area contributed by atoms with E-state index in [-0.39, 0.29) is 0 Å². The lowest BCUT2D eigenvalue weighted by molar-refractivity contribution is 0.0635. The van der Waals surface area contributed by atoms with Crippen LogP contribution in [0.25, 0.3) is 0 Å². The molecule has 0 radical (unpaired) electrons. The molecule has 1 saturated heterocycles. The van der Waals surface area contributed by atoms with E-state index in [4.69, 9.17) is 0 Å². The molecule has 0 unspecified atom stereocenters. The maximum absolute atomic E-state index is 3.66. The molecule has 1 rings (SSSR count). The van der Waals surface area contributed by atoms with E-state index in [9.17, 15) is 0 Å². The Kier molecular flexibility index (Phi) is 6.82. The molecule has 0 aromatic rings. The van der Waals surface area contributed by atoms with Gasteiger partial charge >= 0.3 is 0 Å². The summed E-state index contributed by atoms with van der Waals surface area (Å²) in [6.45, 7) is 18.0. The van der Waals surface area contributed by atoms with E-state index >= 15 is 0 Å². The van der Waals surface area contributed by atoms with Gasteiger partial charge in [0.05, 0.1) is 0 Å². The summed E-state index contributed by atoms with van der Waals surface area (Å²) in [5.74, 6) is 0. The Morgan fingerprint density at radius 1 is 1.16 bits per heavy atom. The van der Waals surface area contributed by atoms with Gasteiger partial charge in [0.2, 0.25) is 0 Å². The zero-order chi connectivity index (χ0) is 14.4. The molecule has 2 nitrogen and oxygen atoms in total. The SMILES string of the molecule is CCCNCC(CC)(CC)CN1CCCC(C)(C)C1. The molecule has 1 N–H and O–H groups in total. The van der Waals surface area contributed by atoms with Crippen molar-refractivity contribution < 1.29 is 0 Å². The maximum Gasteiger partial charge on any atom is 0.00502 e. The minimum absolute atomic E-state index is 0.475. The Bertz CT molecular complexity index is 244. The van der Waals surface area contributed by atoms with Crippen molar-refractivity contribution in [3.05, 3.63) is 0 Å². The van der Waals surface area contributed by atoms with Gasteiger partial charge in [-0.2, -0.15) is 0 Å². The molecule has 1 aliphatic heterocycles. The van der Waals surface area contributed by atoms with Gasteiger partial charge in [-0.25, -0.2) is 0 Å². The molecule has 0 bridgehead atoms. The first-order valence-corrected chi connectivity index (χ1v) is 8.40. The van der Waals surface area contributed by atoms with Gasteiger partial charge in [0.25, 0.3) is 0 Å². The first-order chi connectivity index (χ1) is 8.97. The highest BCUT2D eigenvalue weighted by Gasteiger charge is 2.33. The molecule has 0 amide bonds. The van der Waals surface area contributed by atoms with Crippen LogP contribution in [0, 0.1) is 10.8 Å². The van der Waals surface area contributed by atoms with Gasteiger partial charge in [-0.1, -0.05) is 34.6 Å². The molecule has 0 saturated carbocycles. The van der Waals surface area contributed by atoms with Gasteiger partial charge in [0.15, 0.2) is 0 Å². The summed E-state index contributed by atoms with van der Waals surface area (Å²) in [7, 11) is 0. The van der Waals surface area contributed by atoms with Crippen LogP contribution in [0.5, 0.6) is 0 Å². The molecule has 19 heavy (non-hydrogen) atoms. The highest BCUT2D eigenvalue weighted by atomic mass is 15.1. The fourth-order valence-corrected chi connectivity index (χ4v) is 3.46. The predicted molar refractivity (Wildman–Crippen MR) is 85.6 cm³/mol. The van der Waals surface area contributed by atoms with Crippen LogP contribution in [0.1, 0.15) is 66.7 Å². The second-order valence-corrected chi connectivity index (χ2v) is 7.36. The smallest absolute Gasteiger partial charge is 0.00502 e. The van der Waals surface area contributed by atoms with Gasteiger partial charge in [-0.05, 0) is 56.0 Å². The summed E-state index contributed by atoms with van der Waals surface area (Å²) in [5.41, 5.74) is 0.991. The third-order valence-corrected chi connectivity index (χ3v) is 4.97. The standard InChI is InChI=1S/C17H36N2/c1-6-11-18-13-17(7-2,8-3)15-19-12-9-10-16(4,5)14-19/h18H,6-15H2,1-5H3. The van der Waals surface area contributed by atoms with E-state index in [1.165, 1.54) is 58.3 Å². The number of nitrogens with zero attached hydrogens (tertiary/aromatic N) is 1. The van der Waals surface area contributed by atoms with Crippen LogP contribution in [0.3, 0.4) is 0 Å². The average molecular weight is 268 g/mol. The summed E-state index contributed by atoms with van der Waals surface area (Å²) in [6, 6.07) is 0. The summed E-state index contributed by atoms with van der Waals surface area (Å²) in [6.07, 6.45) is 6.58. The largest absolute Gasteiger partial charge is 0.316 e. The number of nitrogens with one attached hydrogen (secondary N) is 1. The van der Waals surface area contributed by atoms with E-state index in [1.54, 1.807) is 0 Å². The number of piperidine rings is 1. The summed E-state index contributed by atoms with van der Waals surface area (Å²) >= 11 is 0. The molecule has 2 heteroatoms. The molecule has 0 spiro atoms. The lowest BCUT2D eigenvalue weighted by Crippen LogP contribution is -2.48. The predicted octanol–water partition coefficient (Wildman–Crippen LogP) is 3.91. The average Bonchev–Trinajstić information content (AvgIpc) is 2.36. The Morgan fingerprint density at radius 2 is 1.84 bits per heavy atom. The fraction of sp³-hybridized carbons (Fsp3) is 1.00. The van der Waals surface area contributed by atoms with Crippen LogP contribution in [0.4, 0.5) is 0 Å². The molecule has 114 valence electrons. The maximum atomic E-state index is 3.66. The fourth-order valence-electron chi connectivity index (χ4n) is 3.46. The van der Waals surface area contributed by atoms with E-state index in [1.807, 2.05) is 0 Å². The van der Waals surface area contributed by atoms with Gasteiger partial charge in [-0.3, -0.25) is 0 Å². The molecule has 1 fully saturated rings. The first-order valence-electron chi connectivity index (χ1n) is 8.40. The minimum Gasteiger partial charge on any atom is -0.316 e. The normalized spacial score (nSPS) is 20.7. The Morgan fingerprint density at radius 3 is 2.37 bits per heavy atom. The lowest BCUT2D eigenvalue weighted by atomic mass is 9.79. The first kappa shape index (κ1) is 17.0. The van der Waals surface area contributed by atoms with Crippen molar-refractivity contribution in [3.63, 3.8) is 0 Å². The van der Waals surface area contributed by atoms with Crippen LogP contribution in [-0.2, 0) is 0 Å². The monoisotopic (exact) mass is 268 g/mol. The van der Waals surface area contributed by atoms with E-state index in [0.717, 1.165) is 6.54 Å². The zero-order valence-corrected chi connectivity index (χ0v) is 14.0. The van der Waals surface area contributed by atoms with Gasteiger partial charge < -0.3 is 10.2 Å². The van der Waals surface area contributed by atoms with Crippen molar-refractivity contribution in [3.8, 4) is 0 Å². The van der Waals surface area contributed by atoms with E-state index < -0.39 is 0 Å². The van der Waals surface area contributed by atoms with Crippen LogP contribution in [0.2, 0.25) is 0 Å². The van der Waals surface area contributed by atoms with E-state index in [2.05, 4.69) is 44.8 Å². The van der Waals surface area contributed by atoms with Crippen LogP contribution in [0.15, 0.2) is 0 Å². The van der Waals surface area contributed by atoms with Crippen molar-refractivity contribution in [2.45, 2.75) is 66.7 Å². The zero-order valence-electron chi connectivity index (χ0n) is 14.0. The topological polar surface area (TPSA) is 15.3 Å². The quantitative estimate of drug-likeness (QED) is 0.671. The lowest BCUT2D eigenvalue weighted by Gasteiger charge is -2.43. The molecule has 1 aliphatic rings. The molecule has 1 heterocycles. The molecule has 0 aromatic carbocycles. The molecular formula is C17H36N2. The summed E-state index contributed by atoms with van der Waals surface area (Å²) < 4.78 is 0. The highest BCUT2D eigenvalue weighted by molar-refractivity contribution is 4.87. The minimum atomic E-state index is 0.475. The van der Waals surface area contributed by atoms with Gasteiger partial charge in [0.1, 0.15) is 0 Å². The highest BCUT2D eigenvalue weighted by Crippen LogP contribution is 2.33. The van der Waals surface area contributed by atoms with Crippen molar-refractivity contribution >= 4 is 0 Å². The number of likely N-dealkylation sites (tertiary alicyclic amines) is 1. The number of hydrogen-bond donors (Lipinski definition) is 1. The van der Waals surface area contributed by atoms with Crippen LogP contribution < -0.4 is 5.32 Å². The van der Waals surface area contributed by atoms with Crippen molar-refractivity contribution in [2.24, 2.45) is 10.8 Å². The molecular weight excluding hydrogens is 232 g/mol. The van der Waals surface area contributed by atoms with Gasteiger partial charge in [-0.15, -0.1) is 0 Å². The van der Waals surface area contributed by atoms with Crippen molar-refractivity contribution in [1.29, 1.82) is 0 Å². The number of rotatable bonds is 8. The summed E-state index contributed by atoms with van der Waals surface area (Å²) in [5, 5.41) is 3.66. The Hall–Kier alpha value is -0.0800. The summed E-state index contributed by atoms with van der Waals surface area (Å²) in [4.78, 5) is 2.73. The van der Waals surface area contributed by atoms with Crippen LogP contribution in [-0.4, -0.2) is 37.6 Å².